The number of H-pyrrole nitrogens is 1. The highest BCUT2D eigenvalue weighted by Crippen LogP contribution is 2.43. The lowest BCUT2D eigenvalue weighted by Gasteiger charge is -2.42. The summed E-state index contributed by atoms with van der Waals surface area (Å²) in [6, 6.07) is 12.6. The summed E-state index contributed by atoms with van der Waals surface area (Å²) in [6.07, 6.45) is 4.37. The van der Waals surface area contributed by atoms with Gasteiger partial charge in [-0.25, -0.2) is 0 Å². The van der Waals surface area contributed by atoms with Crippen LogP contribution in [0.3, 0.4) is 0 Å². The molecular formula is C28H31Cl2N7O2. The predicted molar refractivity (Wildman–Crippen MR) is 150 cm³/mol. The number of nitrogens with zero attached hydrogens (tertiary/aromatic N) is 5. The number of benzene rings is 2. The lowest BCUT2D eigenvalue weighted by atomic mass is 9.76. The van der Waals surface area contributed by atoms with Crippen molar-refractivity contribution in [2.24, 2.45) is 16.8 Å². The minimum absolute atomic E-state index is 0.0891. The number of tetrazole rings is 1. The van der Waals surface area contributed by atoms with Crippen molar-refractivity contribution in [1.82, 2.24) is 30.8 Å². The third-order valence-corrected chi connectivity index (χ3v) is 8.25. The van der Waals surface area contributed by atoms with Crippen LogP contribution in [0.15, 0.2) is 47.5 Å². The molecule has 5 rings (SSSR count). The Balaban J connectivity index is 1.30. The molecule has 1 aliphatic carbocycles. The number of carbonyl (C=O) groups excluding carboxylic acids is 2. The molecule has 1 aliphatic heterocycles. The molecule has 3 aromatic rings. The second kappa shape index (κ2) is 11.4. The fourth-order valence-electron chi connectivity index (χ4n) is 5.55. The highest BCUT2D eigenvalue weighted by Gasteiger charge is 2.49. The van der Waals surface area contributed by atoms with Gasteiger partial charge < -0.3 is 10.2 Å². The zero-order valence-electron chi connectivity index (χ0n) is 22.0. The molecule has 204 valence electrons. The van der Waals surface area contributed by atoms with Crippen LogP contribution >= 0.6 is 23.2 Å². The summed E-state index contributed by atoms with van der Waals surface area (Å²) in [7, 11) is 0. The normalized spacial score (nSPS) is 21.1. The van der Waals surface area contributed by atoms with Gasteiger partial charge in [-0.2, -0.15) is 5.21 Å². The van der Waals surface area contributed by atoms with E-state index < -0.39 is 5.66 Å². The fraction of sp³-hybridized carbons (Fsp3) is 0.429. The van der Waals surface area contributed by atoms with Gasteiger partial charge in [0.1, 0.15) is 11.4 Å². The number of aromatic nitrogens is 4. The number of nitrogens with one attached hydrogen (secondary N) is 2. The highest BCUT2D eigenvalue weighted by atomic mass is 35.5. The van der Waals surface area contributed by atoms with Crippen molar-refractivity contribution in [2.75, 3.05) is 6.54 Å². The summed E-state index contributed by atoms with van der Waals surface area (Å²) >= 11 is 12.5. The van der Waals surface area contributed by atoms with Gasteiger partial charge >= 0.3 is 0 Å². The SMILES string of the molecule is CC(C)C1CCC2(CC1)N=C(c1cc(Cl)cc(Cl)c1)C(=O)N2CCc1ccc(C(=O)NCc2nn[nH]n2)cc1. The second-order valence-electron chi connectivity index (χ2n) is 10.6. The Labute approximate surface area is 237 Å². The Morgan fingerprint density at radius 2 is 1.82 bits per heavy atom. The van der Waals surface area contributed by atoms with Crippen molar-refractivity contribution < 1.29 is 9.59 Å². The number of aliphatic imine (C=N–C) groups is 1. The molecule has 0 unspecified atom stereocenters. The van der Waals surface area contributed by atoms with Gasteiger partial charge in [0.25, 0.3) is 11.8 Å². The molecule has 39 heavy (non-hydrogen) atoms. The summed E-state index contributed by atoms with van der Waals surface area (Å²) in [5, 5.41) is 17.2. The average Bonchev–Trinajstić information content (AvgIpc) is 3.53. The molecule has 2 N–H and O–H groups in total. The number of rotatable bonds is 8. The molecule has 2 heterocycles. The van der Waals surface area contributed by atoms with Crippen molar-refractivity contribution in [2.45, 2.75) is 58.2 Å². The predicted octanol–water partition coefficient (Wildman–Crippen LogP) is 4.85. The fourth-order valence-corrected chi connectivity index (χ4v) is 6.08. The molecule has 1 spiro atoms. The van der Waals surface area contributed by atoms with Gasteiger partial charge in [-0.3, -0.25) is 14.6 Å². The van der Waals surface area contributed by atoms with Crippen molar-refractivity contribution in [3.05, 3.63) is 75.0 Å². The molecule has 2 aromatic carbocycles. The molecular weight excluding hydrogens is 537 g/mol. The van der Waals surface area contributed by atoms with Gasteiger partial charge in [-0.05, 0) is 79.8 Å². The van der Waals surface area contributed by atoms with Crippen molar-refractivity contribution in [3.8, 4) is 0 Å². The number of hydrogen-bond acceptors (Lipinski definition) is 6. The van der Waals surface area contributed by atoms with E-state index in [2.05, 4.69) is 39.8 Å². The molecule has 1 saturated carbocycles. The Morgan fingerprint density at radius 3 is 2.44 bits per heavy atom. The molecule has 0 atom stereocenters. The summed E-state index contributed by atoms with van der Waals surface area (Å²) in [4.78, 5) is 33.3. The van der Waals surface area contributed by atoms with E-state index in [1.807, 2.05) is 17.0 Å². The Hall–Kier alpha value is -3.30. The summed E-state index contributed by atoms with van der Waals surface area (Å²) in [5.74, 6) is 1.33. The quantitative estimate of drug-likeness (QED) is 0.403. The Morgan fingerprint density at radius 1 is 1.13 bits per heavy atom. The van der Waals surface area contributed by atoms with Crippen LogP contribution in [0.5, 0.6) is 0 Å². The summed E-state index contributed by atoms with van der Waals surface area (Å²) in [5.41, 5.74) is 2.09. The number of hydrogen-bond donors (Lipinski definition) is 2. The van der Waals surface area contributed by atoms with Crippen LogP contribution in [-0.4, -0.2) is 55.3 Å². The van der Waals surface area contributed by atoms with Crippen molar-refractivity contribution in [3.63, 3.8) is 0 Å². The van der Waals surface area contributed by atoms with Gasteiger partial charge in [0, 0.05) is 27.7 Å². The van der Waals surface area contributed by atoms with E-state index >= 15 is 0 Å². The lowest BCUT2D eigenvalue weighted by molar-refractivity contribution is -0.129. The van der Waals surface area contributed by atoms with Crippen molar-refractivity contribution in [1.29, 1.82) is 0 Å². The third-order valence-electron chi connectivity index (χ3n) is 7.82. The van der Waals surface area contributed by atoms with Gasteiger partial charge in [-0.15, -0.1) is 10.2 Å². The molecule has 1 aromatic heterocycles. The van der Waals surface area contributed by atoms with Crippen LogP contribution < -0.4 is 5.32 Å². The second-order valence-corrected chi connectivity index (χ2v) is 11.5. The van der Waals surface area contributed by atoms with E-state index in [9.17, 15) is 9.59 Å². The zero-order valence-corrected chi connectivity index (χ0v) is 23.5. The number of amides is 2. The molecule has 0 bridgehead atoms. The largest absolute Gasteiger partial charge is 0.345 e. The molecule has 2 amide bonds. The maximum Gasteiger partial charge on any atom is 0.274 e. The standard InChI is InChI=1S/C28H31Cl2N7O2/c1-17(2)19-7-10-28(11-8-19)32-25(21-13-22(29)15-23(30)14-21)27(39)37(28)12-9-18-3-5-20(6-4-18)26(38)31-16-24-33-35-36-34-24/h3-6,13-15,17,19H,7-12,16H2,1-2H3,(H,31,38)(H,33,34,35,36). The first-order chi connectivity index (χ1) is 18.7. The lowest BCUT2D eigenvalue weighted by Crippen LogP contribution is -2.50. The van der Waals surface area contributed by atoms with Crippen LogP contribution in [0.2, 0.25) is 10.0 Å². The Kier molecular flexibility index (Phi) is 8.00. The van der Waals surface area contributed by atoms with Gasteiger partial charge in [0.15, 0.2) is 5.82 Å². The van der Waals surface area contributed by atoms with E-state index in [0.717, 1.165) is 31.2 Å². The van der Waals surface area contributed by atoms with Crippen LogP contribution in [0.25, 0.3) is 0 Å². The molecule has 0 saturated heterocycles. The van der Waals surface area contributed by atoms with E-state index in [1.54, 1.807) is 30.3 Å². The van der Waals surface area contributed by atoms with Gasteiger partial charge in [0.05, 0.1) is 6.54 Å². The van der Waals surface area contributed by atoms with Crippen molar-refractivity contribution >= 4 is 40.7 Å². The zero-order chi connectivity index (χ0) is 27.6. The maximum absolute atomic E-state index is 13.8. The molecule has 1 fully saturated rings. The topological polar surface area (TPSA) is 116 Å². The van der Waals surface area contributed by atoms with E-state index in [0.29, 0.717) is 57.5 Å². The first-order valence-electron chi connectivity index (χ1n) is 13.2. The summed E-state index contributed by atoms with van der Waals surface area (Å²) < 4.78 is 0. The summed E-state index contributed by atoms with van der Waals surface area (Å²) in [6.45, 7) is 5.24. The van der Waals surface area contributed by atoms with Crippen LogP contribution in [0.4, 0.5) is 0 Å². The maximum atomic E-state index is 13.8. The van der Waals surface area contributed by atoms with Crippen LogP contribution in [-0.2, 0) is 17.8 Å². The molecule has 2 aliphatic rings. The average molecular weight is 569 g/mol. The van der Waals surface area contributed by atoms with Crippen LogP contribution in [0.1, 0.15) is 66.8 Å². The first-order valence-corrected chi connectivity index (χ1v) is 14.0. The first kappa shape index (κ1) is 27.3. The van der Waals surface area contributed by atoms with Gasteiger partial charge in [-0.1, -0.05) is 54.4 Å². The van der Waals surface area contributed by atoms with E-state index in [-0.39, 0.29) is 18.4 Å². The minimum atomic E-state index is -0.554. The number of carbonyl (C=O) groups is 2. The Bertz CT molecular complexity index is 1340. The molecule has 9 nitrogen and oxygen atoms in total. The van der Waals surface area contributed by atoms with Crippen LogP contribution in [0, 0.1) is 11.8 Å². The minimum Gasteiger partial charge on any atom is -0.345 e. The monoisotopic (exact) mass is 567 g/mol. The number of halogens is 2. The van der Waals surface area contributed by atoms with E-state index in [4.69, 9.17) is 28.2 Å². The van der Waals surface area contributed by atoms with Gasteiger partial charge in [0.2, 0.25) is 0 Å². The third kappa shape index (κ3) is 5.99. The highest BCUT2D eigenvalue weighted by molar-refractivity contribution is 6.47. The smallest absolute Gasteiger partial charge is 0.274 e. The van der Waals surface area contributed by atoms with E-state index in [1.165, 1.54) is 0 Å². The molecule has 11 heteroatoms. The molecule has 0 radical (unpaired) electrons. The number of aromatic amines is 1.